The third-order valence-electron chi connectivity index (χ3n) is 3.13. The monoisotopic (exact) mass is 266 g/mol. The molecule has 1 aliphatic rings. The Hall–Kier alpha value is -2.05. The number of ether oxygens (including phenoxy) is 1. The molecule has 2 N–H and O–H groups in total. The van der Waals surface area contributed by atoms with Crippen molar-refractivity contribution >= 4 is 17.6 Å². The van der Waals surface area contributed by atoms with Crippen molar-refractivity contribution in [2.75, 3.05) is 18.9 Å². The van der Waals surface area contributed by atoms with Crippen LogP contribution in [-0.4, -0.2) is 45.8 Å². The summed E-state index contributed by atoms with van der Waals surface area (Å²) >= 11 is 0. The van der Waals surface area contributed by atoms with Gasteiger partial charge in [0.25, 0.3) is 5.91 Å². The Labute approximate surface area is 111 Å². The molecule has 0 radical (unpaired) electrons. The van der Waals surface area contributed by atoms with Crippen molar-refractivity contribution in [2.24, 2.45) is 7.05 Å². The molecule has 7 heteroatoms. The molecule has 2 heterocycles. The van der Waals surface area contributed by atoms with Gasteiger partial charge in [-0.2, -0.15) is 5.10 Å². The topological polar surface area (TPSA) is 90.5 Å². The molecule has 19 heavy (non-hydrogen) atoms. The van der Waals surface area contributed by atoms with E-state index in [1.807, 2.05) is 0 Å². The molecule has 1 atom stereocenters. The summed E-state index contributed by atoms with van der Waals surface area (Å²) in [6, 6.07) is -0.520. The van der Waals surface area contributed by atoms with Crippen molar-refractivity contribution in [3.05, 3.63) is 11.9 Å². The number of rotatable bonds is 3. The number of nitrogens with zero attached hydrogens (tertiary/aromatic N) is 3. The van der Waals surface area contributed by atoms with Crippen LogP contribution in [0.4, 0.5) is 5.69 Å². The minimum absolute atomic E-state index is 0.193. The first kappa shape index (κ1) is 13.4. The Bertz CT molecular complexity index is 497. The summed E-state index contributed by atoms with van der Waals surface area (Å²) in [4.78, 5) is 25.7. The van der Waals surface area contributed by atoms with E-state index < -0.39 is 6.04 Å². The van der Waals surface area contributed by atoms with Gasteiger partial charge in [-0.05, 0) is 19.8 Å². The van der Waals surface area contributed by atoms with Gasteiger partial charge in [-0.1, -0.05) is 0 Å². The average Bonchev–Trinajstić information content (AvgIpc) is 2.95. The number of hydrogen-bond acceptors (Lipinski definition) is 5. The summed E-state index contributed by atoms with van der Waals surface area (Å²) in [6.45, 7) is 2.58. The molecule has 1 aromatic rings. The van der Waals surface area contributed by atoms with Crippen LogP contribution in [-0.2, 0) is 16.6 Å². The van der Waals surface area contributed by atoms with E-state index in [0.29, 0.717) is 25.3 Å². The molecule has 104 valence electrons. The van der Waals surface area contributed by atoms with Gasteiger partial charge in [-0.25, -0.2) is 4.79 Å². The highest BCUT2D eigenvalue weighted by Gasteiger charge is 2.37. The number of nitrogen functional groups attached to an aromatic ring is 1. The van der Waals surface area contributed by atoms with Crippen molar-refractivity contribution in [1.29, 1.82) is 0 Å². The van der Waals surface area contributed by atoms with Gasteiger partial charge < -0.3 is 15.4 Å². The fraction of sp³-hybridized carbons (Fsp3) is 0.583. The van der Waals surface area contributed by atoms with Crippen LogP contribution in [0.3, 0.4) is 0 Å². The second-order valence-corrected chi connectivity index (χ2v) is 4.52. The van der Waals surface area contributed by atoms with Gasteiger partial charge in [0.1, 0.15) is 6.04 Å². The van der Waals surface area contributed by atoms with E-state index in [1.54, 1.807) is 20.2 Å². The number of carbonyl (C=O) groups is 2. The highest BCUT2D eigenvalue weighted by molar-refractivity contribution is 5.99. The SMILES string of the molecule is CCOC(=O)C1CCCN1C(=O)c1nn(C)cc1N. The lowest BCUT2D eigenvalue weighted by atomic mass is 10.2. The summed E-state index contributed by atoms with van der Waals surface area (Å²) in [5.74, 6) is -0.670. The number of aromatic nitrogens is 2. The Morgan fingerprint density at radius 1 is 1.58 bits per heavy atom. The molecule has 0 saturated carbocycles. The number of nitrogens with two attached hydrogens (primary N) is 1. The fourth-order valence-corrected chi connectivity index (χ4v) is 2.30. The van der Waals surface area contributed by atoms with Crippen molar-refractivity contribution in [2.45, 2.75) is 25.8 Å². The summed E-state index contributed by atoms with van der Waals surface area (Å²) in [5, 5.41) is 4.04. The first-order valence-corrected chi connectivity index (χ1v) is 6.31. The second-order valence-electron chi connectivity index (χ2n) is 4.52. The molecule has 0 spiro atoms. The quantitative estimate of drug-likeness (QED) is 0.787. The van der Waals surface area contributed by atoms with Gasteiger partial charge in [0, 0.05) is 19.8 Å². The maximum absolute atomic E-state index is 12.4. The lowest BCUT2D eigenvalue weighted by Gasteiger charge is -2.22. The zero-order chi connectivity index (χ0) is 14.0. The third kappa shape index (κ3) is 2.54. The van der Waals surface area contributed by atoms with E-state index in [9.17, 15) is 9.59 Å². The van der Waals surface area contributed by atoms with Gasteiger partial charge >= 0.3 is 5.97 Å². The van der Waals surface area contributed by atoms with Gasteiger partial charge in [0.15, 0.2) is 5.69 Å². The highest BCUT2D eigenvalue weighted by Crippen LogP contribution is 2.22. The van der Waals surface area contributed by atoms with Gasteiger partial charge in [-0.3, -0.25) is 9.48 Å². The zero-order valence-corrected chi connectivity index (χ0v) is 11.1. The second kappa shape index (κ2) is 5.29. The fourth-order valence-electron chi connectivity index (χ4n) is 2.30. The molecule has 0 aliphatic carbocycles. The Kier molecular flexibility index (Phi) is 3.73. The Morgan fingerprint density at radius 3 is 2.89 bits per heavy atom. The smallest absolute Gasteiger partial charge is 0.328 e. The minimum Gasteiger partial charge on any atom is -0.464 e. The largest absolute Gasteiger partial charge is 0.464 e. The number of esters is 1. The number of amides is 1. The first-order chi connectivity index (χ1) is 9.04. The van der Waals surface area contributed by atoms with E-state index in [4.69, 9.17) is 10.5 Å². The van der Waals surface area contributed by atoms with Gasteiger partial charge in [0.2, 0.25) is 0 Å². The maximum Gasteiger partial charge on any atom is 0.328 e. The van der Waals surface area contributed by atoms with Crippen LogP contribution in [0, 0.1) is 0 Å². The Balaban J connectivity index is 2.18. The maximum atomic E-state index is 12.4. The number of aryl methyl sites for hydroxylation is 1. The lowest BCUT2D eigenvalue weighted by Crippen LogP contribution is -2.41. The molecule has 1 fully saturated rings. The van der Waals surface area contributed by atoms with Gasteiger partial charge in [0.05, 0.1) is 12.3 Å². The number of likely N-dealkylation sites (tertiary alicyclic amines) is 1. The molecule has 1 saturated heterocycles. The van der Waals surface area contributed by atoms with Crippen LogP contribution < -0.4 is 5.73 Å². The first-order valence-electron chi connectivity index (χ1n) is 6.31. The van der Waals surface area contributed by atoms with Crippen LogP contribution in [0.1, 0.15) is 30.3 Å². The van der Waals surface area contributed by atoms with E-state index in [0.717, 1.165) is 6.42 Å². The van der Waals surface area contributed by atoms with E-state index in [-0.39, 0.29) is 17.6 Å². The molecule has 0 bridgehead atoms. The number of carbonyl (C=O) groups excluding carboxylic acids is 2. The van der Waals surface area contributed by atoms with E-state index in [1.165, 1.54) is 9.58 Å². The van der Waals surface area contributed by atoms with Crippen molar-refractivity contribution < 1.29 is 14.3 Å². The van der Waals surface area contributed by atoms with E-state index >= 15 is 0 Å². The van der Waals surface area contributed by atoms with Crippen LogP contribution in [0.25, 0.3) is 0 Å². The summed E-state index contributed by atoms with van der Waals surface area (Å²) in [5.41, 5.74) is 6.26. The van der Waals surface area contributed by atoms with Crippen LogP contribution >= 0.6 is 0 Å². The van der Waals surface area contributed by atoms with E-state index in [2.05, 4.69) is 5.10 Å². The molecule has 1 unspecified atom stereocenters. The summed E-state index contributed by atoms with van der Waals surface area (Å²) in [7, 11) is 1.69. The van der Waals surface area contributed by atoms with Gasteiger partial charge in [-0.15, -0.1) is 0 Å². The zero-order valence-electron chi connectivity index (χ0n) is 11.1. The predicted molar refractivity (Wildman–Crippen MR) is 68.3 cm³/mol. The minimum atomic E-state index is -0.520. The van der Waals surface area contributed by atoms with Crippen molar-refractivity contribution in [3.63, 3.8) is 0 Å². The molecule has 1 aliphatic heterocycles. The highest BCUT2D eigenvalue weighted by atomic mass is 16.5. The molecule has 1 amide bonds. The Morgan fingerprint density at radius 2 is 2.32 bits per heavy atom. The lowest BCUT2D eigenvalue weighted by molar-refractivity contribution is -0.147. The third-order valence-corrected chi connectivity index (χ3v) is 3.13. The molecular formula is C12H18N4O3. The summed E-state index contributed by atoms with van der Waals surface area (Å²) in [6.07, 6.45) is 2.97. The number of anilines is 1. The average molecular weight is 266 g/mol. The molecule has 0 aromatic carbocycles. The normalized spacial score (nSPS) is 18.6. The van der Waals surface area contributed by atoms with Crippen molar-refractivity contribution in [1.82, 2.24) is 14.7 Å². The standard InChI is InChI=1S/C12H18N4O3/c1-3-19-12(18)9-5-4-6-16(9)11(17)10-8(13)7-15(2)14-10/h7,9H,3-6,13H2,1-2H3. The predicted octanol–water partition coefficient (Wildman–Crippen LogP) is 0.170. The molecule has 1 aromatic heterocycles. The molecular weight excluding hydrogens is 248 g/mol. The summed E-state index contributed by atoms with van der Waals surface area (Å²) < 4.78 is 6.47. The number of hydrogen-bond donors (Lipinski definition) is 1. The van der Waals surface area contributed by atoms with Crippen LogP contribution in [0.2, 0.25) is 0 Å². The molecule has 2 rings (SSSR count). The van der Waals surface area contributed by atoms with Crippen LogP contribution in [0.5, 0.6) is 0 Å². The molecule has 7 nitrogen and oxygen atoms in total. The van der Waals surface area contributed by atoms with Crippen molar-refractivity contribution in [3.8, 4) is 0 Å². The van der Waals surface area contributed by atoms with Crippen LogP contribution in [0.15, 0.2) is 6.20 Å².